The third-order valence-electron chi connectivity index (χ3n) is 3.16. The number of carbonyl (C=O) groups is 1. The van der Waals surface area contributed by atoms with Crippen molar-refractivity contribution in [2.75, 3.05) is 0 Å². The average Bonchev–Trinajstić information content (AvgIpc) is 2.45. The highest BCUT2D eigenvalue weighted by atomic mass is 16.4. The molecule has 0 aliphatic heterocycles. The fourth-order valence-electron chi connectivity index (χ4n) is 1.86. The van der Waals surface area contributed by atoms with Crippen LogP contribution >= 0.6 is 0 Å². The van der Waals surface area contributed by atoms with Crippen molar-refractivity contribution in [2.45, 2.75) is 39.2 Å². The molecule has 15 heavy (non-hydrogen) atoms. The summed E-state index contributed by atoms with van der Waals surface area (Å²) in [5.41, 5.74) is 0.727. The van der Waals surface area contributed by atoms with Crippen molar-refractivity contribution in [1.82, 2.24) is 15.0 Å². The molecule has 0 radical (unpaired) electrons. The lowest BCUT2D eigenvalue weighted by Gasteiger charge is -2.24. The van der Waals surface area contributed by atoms with Crippen LogP contribution in [0.15, 0.2) is 0 Å². The van der Waals surface area contributed by atoms with Gasteiger partial charge >= 0.3 is 5.97 Å². The van der Waals surface area contributed by atoms with Crippen molar-refractivity contribution in [2.24, 2.45) is 5.92 Å². The van der Waals surface area contributed by atoms with E-state index in [0.29, 0.717) is 5.69 Å². The average molecular weight is 209 g/mol. The Morgan fingerprint density at radius 1 is 1.60 bits per heavy atom. The van der Waals surface area contributed by atoms with E-state index in [-0.39, 0.29) is 5.69 Å². The second kappa shape index (κ2) is 4.00. The molecular weight excluding hydrogens is 194 g/mol. The SMILES string of the molecule is Cc1c(C(=O)O)nnn1CCC1CCC1. The number of rotatable bonds is 4. The number of aromatic carboxylic acids is 1. The normalized spacial score (nSPS) is 16.3. The standard InChI is InChI=1S/C10H15N3O2/c1-7-9(10(14)15)11-12-13(7)6-5-8-3-2-4-8/h8H,2-6H2,1H3,(H,14,15). The Kier molecular flexibility index (Phi) is 2.70. The maximum Gasteiger partial charge on any atom is 0.358 e. The molecule has 5 nitrogen and oxygen atoms in total. The molecule has 1 aliphatic rings. The van der Waals surface area contributed by atoms with Gasteiger partial charge in [-0.3, -0.25) is 0 Å². The van der Waals surface area contributed by atoms with Gasteiger partial charge in [-0.2, -0.15) is 0 Å². The third-order valence-corrected chi connectivity index (χ3v) is 3.16. The highest BCUT2D eigenvalue weighted by Gasteiger charge is 2.19. The van der Waals surface area contributed by atoms with Crippen molar-refractivity contribution in [3.8, 4) is 0 Å². The first kappa shape index (κ1) is 10.1. The van der Waals surface area contributed by atoms with E-state index < -0.39 is 5.97 Å². The zero-order chi connectivity index (χ0) is 10.8. The second-order valence-electron chi connectivity index (χ2n) is 4.14. The van der Waals surface area contributed by atoms with Crippen LogP contribution in [0.3, 0.4) is 0 Å². The monoisotopic (exact) mass is 209 g/mol. The van der Waals surface area contributed by atoms with Crippen molar-refractivity contribution in [3.63, 3.8) is 0 Å². The number of nitrogens with zero attached hydrogens (tertiary/aromatic N) is 3. The van der Waals surface area contributed by atoms with Crippen molar-refractivity contribution < 1.29 is 9.90 Å². The minimum Gasteiger partial charge on any atom is -0.476 e. The van der Waals surface area contributed by atoms with E-state index in [1.165, 1.54) is 19.3 Å². The summed E-state index contributed by atoms with van der Waals surface area (Å²) >= 11 is 0. The highest BCUT2D eigenvalue weighted by Crippen LogP contribution is 2.29. The molecule has 1 fully saturated rings. The van der Waals surface area contributed by atoms with Gasteiger partial charge in [0.1, 0.15) is 0 Å². The van der Waals surface area contributed by atoms with E-state index in [2.05, 4.69) is 10.3 Å². The number of aromatic nitrogens is 3. The molecule has 5 heteroatoms. The summed E-state index contributed by atoms with van der Waals surface area (Å²) in [4.78, 5) is 10.7. The lowest BCUT2D eigenvalue weighted by Crippen LogP contribution is -2.15. The Labute approximate surface area is 88.1 Å². The smallest absolute Gasteiger partial charge is 0.358 e. The van der Waals surface area contributed by atoms with E-state index in [4.69, 9.17) is 5.11 Å². The van der Waals surface area contributed by atoms with Crippen LogP contribution in [0, 0.1) is 12.8 Å². The molecule has 0 bridgehead atoms. The van der Waals surface area contributed by atoms with Gasteiger partial charge in [0, 0.05) is 6.54 Å². The van der Waals surface area contributed by atoms with E-state index in [1.54, 1.807) is 11.6 Å². The summed E-state index contributed by atoms with van der Waals surface area (Å²) in [6.07, 6.45) is 5.03. The van der Waals surface area contributed by atoms with Crippen molar-refractivity contribution >= 4 is 5.97 Å². The van der Waals surface area contributed by atoms with Crippen LogP contribution in [0.25, 0.3) is 0 Å². The minimum atomic E-state index is -0.998. The summed E-state index contributed by atoms with van der Waals surface area (Å²) in [6, 6.07) is 0. The van der Waals surface area contributed by atoms with E-state index in [1.807, 2.05) is 0 Å². The van der Waals surface area contributed by atoms with Gasteiger partial charge in [-0.25, -0.2) is 9.48 Å². The highest BCUT2D eigenvalue weighted by molar-refractivity contribution is 5.86. The first-order valence-electron chi connectivity index (χ1n) is 5.32. The quantitative estimate of drug-likeness (QED) is 0.815. The Balaban J connectivity index is 1.98. The number of carboxylic acid groups (broad SMARTS) is 1. The maximum absolute atomic E-state index is 10.7. The molecule has 2 rings (SSSR count). The van der Waals surface area contributed by atoms with Crippen LogP contribution < -0.4 is 0 Å². The summed E-state index contributed by atoms with van der Waals surface area (Å²) in [6.45, 7) is 2.54. The van der Waals surface area contributed by atoms with Crippen LogP contribution in [0.1, 0.15) is 41.9 Å². The lowest BCUT2D eigenvalue weighted by molar-refractivity contribution is 0.0689. The Morgan fingerprint density at radius 2 is 2.33 bits per heavy atom. The van der Waals surface area contributed by atoms with Crippen molar-refractivity contribution in [3.05, 3.63) is 11.4 Å². The number of carboxylic acids is 1. The third kappa shape index (κ3) is 2.00. The van der Waals surface area contributed by atoms with E-state index >= 15 is 0 Å². The zero-order valence-corrected chi connectivity index (χ0v) is 8.81. The molecule has 1 heterocycles. The van der Waals surface area contributed by atoms with Gasteiger partial charge in [0.25, 0.3) is 0 Å². The topological polar surface area (TPSA) is 68.0 Å². The predicted molar refractivity (Wildman–Crippen MR) is 53.7 cm³/mol. The summed E-state index contributed by atoms with van der Waals surface area (Å²) in [5.74, 6) is -0.190. The van der Waals surface area contributed by atoms with Gasteiger partial charge in [-0.15, -0.1) is 5.10 Å². The van der Waals surface area contributed by atoms with Crippen LogP contribution in [0.5, 0.6) is 0 Å². The summed E-state index contributed by atoms with van der Waals surface area (Å²) in [7, 11) is 0. The van der Waals surface area contributed by atoms with Crippen LogP contribution in [0.4, 0.5) is 0 Å². The minimum absolute atomic E-state index is 0.0728. The molecule has 1 aromatic heterocycles. The molecule has 1 N–H and O–H groups in total. The molecule has 0 amide bonds. The Hall–Kier alpha value is -1.39. The number of aryl methyl sites for hydroxylation is 1. The van der Waals surface area contributed by atoms with Crippen LogP contribution in [0.2, 0.25) is 0 Å². The fraction of sp³-hybridized carbons (Fsp3) is 0.700. The molecule has 0 aromatic carbocycles. The van der Waals surface area contributed by atoms with Crippen LogP contribution in [-0.4, -0.2) is 26.1 Å². The van der Waals surface area contributed by atoms with Gasteiger partial charge in [-0.05, 0) is 19.3 Å². The fourth-order valence-corrected chi connectivity index (χ4v) is 1.86. The van der Waals surface area contributed by atoms with E-state index in [0.717, 1.165) is 18.9 Å². The maximum atomic E-state index is 10.7. The second-order valence-corrected chi connectivity index (χ2v) is 4.14. The Morgan fingerprint density at radius 3 is 2.80 bits per heavy atom. The van der Waals surface area contributed by atoms with Gasteiger partial charge in [0.15, 0.2) is 5.69 Å². The van der Waals surface area contributed by atoms with Gasteiger partial charge in [0.2, 0.25) is 0 Å². The van der Waals surface area contributed by atoms with Gasteiger partial charge < -0.3 is 5.11 Å². The zero-order valence-electron chi connectivity index (χ0n) is 8.81. The van der Waals surface area contributed by atoms with Crippen LogP contribution in [-0.2, 0) is 6.54 Å². The molecule has 0 unspecified atom stereocenters. The van der Waals surface area contributed by atoms with Gasteiger partial charge in [0.05, 0.1) is 5.69 Å². The summed E-state index contributed by atoms with van der Waals surface area (Å²) < 4.78 is 1.70. The first-order valence-corrected chi connectivity index (χ1v) is 5.32. The molecule has 82 valence electrons. The molecule has 1 aromatic rings. The lowest BCUT2D eigenvalue weighted by atomic mass is 9.83. The predicted octanol–water partition coefficient (Wildman–Crippen LogP) is 1.47. The van der Waals surface area contributed by atoms with Crippen molar-refractivity contribution in [1.29, 1.82) is 0 Å². The Bertz CT molecular complexity index is 369. The largest absolute Gasteiger partial charge is 0.476 e. The summed E-state index contributed by atoms with van der Waals surface area (Å²) in [5, 5.41) is 16.3. The molecule has 0 spiro atoms. The molecular formula is C10H15N3O2. The molecule has 0 saturated heterocycles. The van der Waals surface area contributed by atoms with Gasteiger partial charge in [-0.1, -0.05) is 24.5 Å². The molecule has 1 saturated carbocycles. The molecule has 0 atom stereocenters. The number of hydrogen-bond donors (Lipinski definition) is 1. The first-order chi connectivity index (χ1) is 7.18. The van der Waals surface area contributed by atoms with E-state index in [9.17, 15) is 4.79 Å². The molecule has 1 aliphatic carbocycles. The number of hydrogen-bond acceptors (Lipinski definition) is 3.